The molecule has 0 aliphatic carbocycles. The normalized spacial score (nSPS) is 10.6. The maximum absolute atomic E-state index is 10.5. The number of carboxylic acid groups (broad SMARTS) is 1. The van der Waals surface area contributed by atoms with Gasteiger partial charge in [0.1, 0.15) is 25.2 Å². The molecule has 1 rings (SSSR count). The van der Waals surface area contributed by atoms with Crippen LogP contribution in [0.4, 0.5) is 0 Å². The highest BCUT2D eigenvalue weighted by molar-refractivity contribution is 5.74. The van der Waals surface area contributed by atoms with E-state index in [4.69, 9.17) is 28.8 Å². The molecule has 8 nitrogen and oxygen atoms in total. The van der Waals surface area contributed by atoms with Gasteiger partial charge in [-0.1, -0.05) is 0 Å². The van der Waals surface area contributed by atoms with E-state index in [1.165, 1.54) is 0 Å². The van der Waals surface area contributed by atoms with E-state index in [1.807, 2.05) is 0 Å². The molecule has 0 radical (unpaired) electrons. The first-order valence-electron chi connectivity index (χ1n) is 7.93. The molecule has 0 saturated carbocycles. The van der Waals surface area contributed by atoms with Crippen LogP contribution in [0, 0.1) is 0 Å². The molecular weight excluding hydrogens is 332 g/mol. The van der Waals surface area contributed by atoms with Crippen LogP contribution < -0.4 is 4.74 Å². The number of ether oxygens (including phenoxy) is 5. The average molecular weight is 356 g/mol. The highest BCUT2D eigenvalue weighted by Gasteiger charge is 1.97. The summed E-state index contributed by atoms with van der Waals surface area (Å²) in [6, 6.07) is 6.86. The highest BCUT2D eigenvalue weighted by Crippen LogP contribution is 2.10. The molecule has 140 valence electrons. The minimum Gasteiger partial charge on any atom is -0.491 e. The fraction of sp³-hybridized carbons (Fsp3) is 0.529. The molecule has 25 heavy (non-hydrogen) atoms. The molecule has 0 spiro atoms. The standard InChI is InChI=1S/C17H24O8/c18-13-15-1-3-16(4-2-15)25-12-11-23-8-7-21-5-6-22-9-10-24-14-17(19)20/h1-4,13H,5-12,14H2,(H,19,20). The van der Waals surface area contributed by atoms with E-state index >= 15 is 0 Å². The lowest BCUT2D eigenvalue weighted by atomic mass is 10.2. The number of hydrogen-bond donors (Lipinski definition) is 1. The molecule has 1 N–H and O–H groups in total. The Labute approximate surface area is 146 Å². The first-order valence-corrected chi connectivity index (χ1v) is 7.93. The summed E-state index contributed by atoms with van der Waals surface area (Å²) in [5, 5.41) is 8.35. The highest BCUT2D eigenvalue weighted by atomic mass is 16.6. The summed E-state index contributed by atoms with van der Waals surface area (Å²) in [5.74, 6) is -0.306. The predicted octanol–water partition coefficient (Wildman–Crippen LogP) is 1.03. The van der Waals surface area contributed by atoms with E-state index in [1.54, 1.807) is 24.3 Å². The summed E-state index contributed by atoms with van der Waals surface area (Å²) in [6.45, 7) is 2.87. The molecule has 0 aromatic heterocycles. The molecule has 0 aliphatic rings. The monoisotopic (exact) mass is 356 g/mol. The minimum absolute atomic E-state index is 0.243. The first-order chi connectivity index (χ1) is 12.2. The van der Waals surface area contributed by atoms with E-state index in [-0.39, 0.29) is 13.2 Å². The van der Waals surface area contributed by atoms with Gasteiger partial charge >= 0.3 is 5.97 Å². The third kappa shape index (κ3) is 12.1. The van der Waals surface area contributed by atoms with Gasteiger partial charge in [-0.2, -0.15) is 0 Å². The van der Waals surface area contributed by atoms with Crippen LogP contribution in [-0.2, 0) is 23.7 Å². The van der Waals surface area contributed by atoms with Crippen molar-refractivity contribution in [3.05, 3.63) is 29.8 Å². The van der Waals surface area contributed by atoms with Crippen molar-refractivity contribution in [3.8, 4) is 5.75 Å². The van der Waals surface area contributed by atoms with Crippen molar-refractivity contribution >= 4 is 12.3 Å². The molecule has 0 aliphatic heterocycles. The second kappa shape index (κ2) is 14.4. The van der Waals surface area contributed by atoms with Crippen LogP contribution in [-0.4, -0.2) is 76.8 Å². The first kappa shape index (κ1) is 21.0. The Kier molecular flexibility index (Phi) is 12.1. The van der Waals surface area contributed by atoms with Crippen molar-refractivity contribution in [1.82, 2.24) is 0 Å². The van der Waals surface area contributed by atoms with Crippen molar-refractivity contribution in [2.75, 3.05) is 59.5 Å². The number of aliphatic carboxylic acids is 1. The molecule has 0 unspecified atom stereocenters. The number of aldehydes is 1. The molecular formula is C17H24O8. The van der Waals surface area contributed by atoms with Gasteiger partial charge in [-0.25, -0.2) is 4.79 Å². The largest absolute Gasteiger partial charge is 0.491 e. The van der Waals surface area contributed by atoms with Gasteiger partial charge in [0.05, 0.1) is 46.2 Å². The van der Waals surface area contributed by atoms with Crippen LogP contribution in [0.2, 0.25) is 0 Å². The van der Waals surface area contributed by atoms with Crippen molar-refractivity contribution in [2.24, 2.45) is 0 Å². The van der Waals surface area contributed by atoms with Gasteiger partial charge in [0.15, 0.2) is 0 Å². The van der Waals surface area contributed by atoms with Gasteiger partial charge in [0.2, 0.25) is 0 Å². The lowest BCUT2D eigenvalue weighted by molar-refractivity contribution is -0.142. The lowest BCUT2D eigenvalue weighted by Gasteiger charge is -2.08. The Morgan fingerprint density at radius 2 is 1.28 bits per heavy atom. The molecule has 1 aromatic rings. The maximum Gasteiger partial charge on any atom is 0.329 e. The predicted molar refractivity (Wildman–Crippen MR) is 88.2 cm³/mol. The van der Waals surface area contributed by atoms with Crippen molar-refractivity contribution in [1.29, 1.82) is 0 Å². The lowest BCUT2D eigenvalue weighted by Crippen LogP contribution is -2.15. The Morgan fingerprint density at radius 1 is 0.800 bits per heavy atom. The Bertz CT molecular complexity index is 474. The number of rotatable bonds is 16. The zero-order chi connectivity index (χ0) is 18.2. The second-order valence-corrected chi connectivity index (χ2v) is 4.82. The van der Waals surface area contributed by atoms with E-state index in [0.717, 1.165) is 6.29 Å². The van der Waals surface area contributed by atoms with Crippen LogP contribution in [0.5, 0.6) is 5.75 Å². The molecule has 0 bridgehead atoms. The van der Waals surface area contributed by atoms with Crippen molar-refractivity contribution in [2.45, 2.75) is 0 Å². The fourth-order valence-corrected chi connectivity index (χ4v) is 1.68. The van der Waals surface area contributed by atoms with Crippen LogP contribution in [0.25, 0.3) is 0 Å². The minimum atomic E-state index is -0.996. The maximum atomic E-state index is 10.5. The zero-order valence-electron chi connectivity index (χ0n) is 14.1. The summed E-state index contributed by atoms with van der Waals surface area (Å²) in [5.41, 5.74) is 0.609. The summed E-state index contributed by atoms with van der Waals surface area (Å²) in [7, 11) is 0. The Balaban J connectivity index is 1.81. The zero-order valence-corrected chi connectivity index (χ0v) is 14.1. The Hall–Kier alpha value is -2.00. The summed E-state index contributed by atoms with van der Waals surface area (Å²) in [6.07, 6.45) is 0.783. The van der Waals surface area contributed by atoms with Gasteiger partial charge in [0.25, 0.3) is 0 Å². The van der Waals surface area contributed by atoms with Gasteiger partial charge < -0.3 is 28.8 Å². The van der Waals surface area contributed by atoms with Crippen LogP contribution in [0.1, 0.15) is 10.4 Å². The number of benzene rings is 1. The molecule has 0 atom stereocenters. The Morgan fingerprint density at radius 3 is 1.76 bits per heavy atom. The van der Waals surface area contributed by atoms with Crippen molar-refractivity contribution in [3.63, 3.8) is 0 Å². The van der Waals surface area contributed by atoms with Gasteiger partial charge in [-0.05, 0) is 24.3 Å². The molecule has 0 saturated heterocycles. The summed E-state index contributed by atoms with van der Waals surface area (Å²) >= 11 is 0. The quantitative estimate of drug-likeness (QED) is 0.346. The number of hydrogen-bond acceptors (Lipinski definition) is 7. The van der Waals surface area contributed by atoms with E-state index in [0.29, 0.717) is 57.6 Å². The van der Waals surface area contributed by atoms with E-state index in [2.05, 4.69) is 0 Å². The van der Waals surface area contributed by atoms with Crippen molar-refractivity contribution < 1.29 is 38.4 Å². The topological polar surface area (TPSA) is 101 Å². The van der Waals surface area contributed by atoms with Gasteiger partial charge in [-0.15, -0.1) is 0 Å². The van der Waals surface area contributed by atoms with Crippen LogP contribution in [0.3, 0.4) is 0 Å². The second-order valence-electron chi connectivity index (χ2n) is 4.82. The number of carbonyl (C=O) groups excluding carboxylic acids is 1. The fourth-order valence-electron chi connectivity index (χ4n) is 1.68. The third-order valence-electron chi connectivity index (χ3n) is 2.85. The van der Waals surface area contributed by atoms with Crippen LogP contribution >= 0.6 is 0 Å². The van der Waals surface area contributed by atoms with Crippen LogP contribution in [0.15, 0.2) is 24.3 Å². The molecule has 0 heterocycles. The van der Waals surface area contributed by atoms with Gasteiger partial charge in [-0.3, -0.25) is 4.79 Å². The molecule has 0 fully saturated rings. The van der Waals surface area contributed by atoms with Gasteiger partial charge in [0, 0.05) is 5.56 Å². The number of carbonyl (C=O) groups is 2. The smallest absolute Gasteiger partial charge is 0.329 e. The number of carboxylic acids is 1. The SMILES string of the molecule is O=Cc1ccc(OCCOCCOCCOCCOCC(=O)O)cc1. The summed E-state index contributed by atoms with van der Waals surface area (Å²) in [4.78, 5) is 20.7. The van der Waals surface area contributed by atoms with E-state index < -0.39 is 5.97 Å². The molecule has 8 heteroatoms. The van der Waals surface area contributed by atoms with E-state index in [9.17, 15) is 9.59 Å². The molecule has 1 aromatic carbocycles. The average Bonchev–Trinajstić information content (AvgIpc) is 2.62. The molecule has 0 amide bonds. The third-order valence-corrected chi connectivity index (χ3v) is 2.85. The summed E-state index contributed by atoms with van der Waals surface area (Å²) < 4.78 is 26.1.